The number of fused-ring (bicyclic) bond motifs is 10. The number of rotatable bonds is 5. The number of nitrogens with one attached hydrogen (secondary N) is 1. The quantitative estimate of drug-likeness (QED) is 0.109. The van der Waals surface area contributed by atoms with Gasteiger partial charge in [-0.05, 0) is 73.0 Å². The molecule has 8 rings (SSSR count). The van der Waals surface area contributed by atoms with Gasteiger partial charge in [-0.25, -0.2) is 0 Å². The molecule has 0 saturated carbocycles. The molecule has 0 radical (unpaired) electrons. The van der Waals surface area contributed by atoms with E-state index in [2.05, 4.69) is 53.6 Å². The van der Waals surface area contributed by atoms with E-state index < -0.39 is 0 Å². The summed E-state index contributed by atoms with van der Waals surface area (Å²) in [4.78, 5) is 45.6. The molecule has 46 heavy (non-hydrogen) atoms. The third kappa shape index (κ3) is 4.41. The van der Waals surface area contributed by atoms with E-state index in [-0.39, 0.29) is 36.5 Å². The topological polar surface area (TPSA) is 93.6 Å². The molecule has 10 heteroatoms. The monoisotopic (exact) mass is 739 g/mol. The molecule has 6 aromatic rings. The van der Waals surface area contributed by atoms with Crippen LogP contribution in [0.25, 0.3) is 43.6 Å². The van der Waals surface area contributed by atoms with Gasteiger partial charge in [0, 0.05) is 48.4 Å². The van der Waals surface area contributed by atoms with Crippen molar-refractivity contribution in [1.29, 1.82) is 0 Å². The zero-order valence-corrected chi connectivity index (χ0v) is 28.1. The summed E-state index contributed by atoms with van der Waals surface area (Å²) in [6.45, 7) is 1.56. The van der Waals surface area contributed by atoms with Crippen LogP contribution >= 0.6 is 31.9 Å². The number of aromatic amines is 1. The third-order valence-electron chi connectivity index (χ3n) is 9.07. The number of amides is 2. The Labute approximate surface area is 280 Å². The van der Waals surface area contributed by atoms with Crippen molar-refractivity contribution >= 4 is 93.3 Å². The number of hydrogen-bond donors (Lipinski definition) is 1. The number of esters is 1. The number of H-pyrrole nitrogens is 1. The molecule has 1 unspecified atom stereocenters. The van der Waals surface area contributed by atoms with Crippen LogP contribution in [0.1, 0.15) is 52.1 Å². The van der Waals surface area contributed by atoms with E-state index >= 15 is 0 Å². The Bertz CT molecular complexity index is 2320. The van der Waals surface area contributed by atoms with Crippen molar-refractivity contribution in [3.05, 3.63) is 98.5 Å². The summed E-state index contributed by atoms with van der Waals surface area (Å²) in [5.74, 6) is -0.242. The molecule has 0 saturated heterocycles. The lowest BCUT2D eigenvalue weighted by atomic mass is 9.96. The molecule has 3 heterocycles. The first kappa shape index (κ1) is 29.0. The molecule has 0 bridgehead atoms. The SMILES string of the molecule is COc1ccc(CN2C(=O)c3c(c4c5cc(Br)ccc5n(C5C=C[C@H](OC(C)=O)CC5)c4c4[nH]c5ccc(Br)cc5c34)C2=O)cc1. The van der Waals surface area contributed by atoms with Crippen molar-refractivity contribution in [3.63, 3.8) is 0 Å². The highest BCUT2D eigenvalue weighted by Crippen LogP contribution is 2.48. The second kappa shape index (κ2) is 10.8. The molecule has 2 amide bonds. The van der Waals surface area contributed by atoms with E-state index in [1.165, 1.54) is 11.8 Å². The second-order valence-corrected chi connectivity index (χ2v) is 13.6. The van der Waals surface area contributed by atoms with Crippen LogP contribution in [0.2, 0.25) is 0 Å². The normalized spacial score (nSPS) is 18.0. The Kier molecular flexibility index (Phi) is 6.84. The number of aromatic nitrogens is 2. The fourth-order valence-corrected chi connectivity index (χ4v) is 7.86. The molecule has 0 spiro atoms. The maximum Gasteiger partial charge on any atom is 0.303 e. The summed E-state index contributed by atoms with van der Waals surface area (Å²) >= 11 is 7.28. The number of imide groups is 1. The molecule has 230 valence electrons. The predicted octanol–water partition coefficient (Wildman–Crippen LogP) is 8.58. The van der Waals surface area contributed by atoms with Crippen LogP contribution in [0.15, 0.2) is 81.8 Å². The van der Waals surface area contributed by atoms with Crippen LogP contribution in [-0.4, -0.2) is 45.4 Å². The fourth-order valence-electron chi connectivity index (χ4n) is 7.13. The highest BCUT2D eigenvalue weighted by Gasteiger charge is 2.42. The van der Waals surface area contributed by atoms with Crippen LogP contribution in [0.4, 0.5) is 0 Å². The van der Waals surface area contributed by atoms with E-state index in [9.17, 15) is 14.4 Å². The number of nitrogens with zero attached hydrogens (tertiary/aromatic N) is 2. The summed E-state index contributed by atoms with van der Waals surface area (Å²) in [6, 6.07) is 19.4. The summed E-state index contributed by atoms with van der Waals surface area (Å²) in [5, 5.41) is 3.22. The minimum atomic E-state index is -0.319. The number of benzene rings is 4. The van der Waals surface area contributed by atoms with Crippen LogP contribution in [-0.2, 0) is 16.1 Å². The van der Waals surface area contributed by atoms with Gasteiger partial charge in [-0.1, -0.05) is 50.1 Å². The number of allylic oxidation sites excluding steroid dienone is 1. The minimum absolute atomic E-state index is 0.0741. The molecule has 4 aromatic carbocycles. The number of ether oxygens (including phenoxy) is 2. The minimum Gasteiger partial charge on any atom is -0.497 e. The standard InChI is InChI=1S/C36H27Br2N3O5/c1-18(42)46-24-11-7-22(8-12-24)41-28-14-6-21(38)16-26(28)30-32-31(29-25-15-20(37)5-13-27(25)39-33(29)34(30)41)35(43)40(36(32)44)17-19-3-9-23(45-2)10-4-19/h3-7,9-11,13-16,22,24,39H,8,12,17H2,1-2H3/t22?,24-/m0/s1. The second-order valence-electron chi connectivity index (χ2n) is 11.8. The van der Waals surface area contributed by atoms with E-state index in [0.29, 0.717) is 23.3 Å². The van der Waals surface area contributed by atoms with Gasteiger partial charge in [-0.15, -0.1) is 0 Å². The molecular formula is C36H27Br2N3O5. The van der Waals surface area contributed by atoms with E-state index in [1.54, 1.807) is 7.11 Å². The maximum absolute atomic E-state index is 14.6. The summed E-state index contributed by atoms with van der Waals surface area (Å²) < 4.78 is 14.8. The zero-order valence-electron chi connectivity index (χ0n) is 24.9. The Hall–Kier alpha value is -4.41. The lowest BCUT2D eigenvalue weighted by molar-refractivity contribution is -0.144. The number of halogens is 2. The predicted molar refractivity (Wildman–Crippen MR) is 184 cm³/mol. The molecule has 1 aliphatic carbocycles. The number of methoxy groups -OCH3 is 1. The van der Waals surface area contributed by atoms with Gasteiger partial charge in [0.2, 0.25) is 0 Å². The van der Waals surface area contributed by atoms with Gasteiger partial charge in [0.25, 0.3) is 11.8 Å². The van der Waals surface area contributed by atoms with E-state index in [0.717, 1.165) is 64.5 Å². The van der Waals surface area contributed by atoms with Crippen molar-refractivity contribution in [2.45, 2.75) is 38.5 Å². The summed E-state index contributed by atoms with van der Waals surface area (Å²) in [7, 11) is 1.60. The average Bonchev–Trinajstić information content (AvgIpc) is 3.65. The molecule has 2 atom stereocenters. The largest absolute Gasteiger partial charge is 0.497 e. The maximum atomic E-state index is 14.6. The Morgan fingerprint density at radius 3 is 2.26 bits per heavy atom. The summed E-state index contributed by atoms with van der Waals surface area (Å²) in [5.41, 5.74) is 5.14. The average molecular weight is 741 g/mol. The van der Waals surface area contributed by atoms with Gasteiger partial charge in [0.1, 0.15) is 11.9 Å². The van der Waals surface area contributed by atoms with E-state index in [1.807, 2.05) is 60.7 Å². The van der Waals surface area contributed by atoms with Crippen molar-refractivity contribution in [3.8, 4) is 5.75 Å². The number of carbonyl (C=O) groups is 3. The van der Waals surface area contributed by atoms with E-state index in [4.69, 9.17) is 9.47 Å². The smallest absolute Gasteiger partial charge is 0.303 e. The third-order valence-corrected chi connectivity index (χ3v) is 10.1. The first-order chi connectivity index (χ1) is 22.2. The molecule has 1 aliphatic heterocycles. The molecule has 1 N–H and O–H groups in total. The Morgan fingerprint density at radius 2 is 1.59 bits per heavy atom. The van der Waals surface area contributed by atoms with Gasteiger partial charge in [-0.3, -0.25) is 19.3 Å². The van der Waals surface area contributed by atoms with Crippen LogP contribution in [0, 0.1) is 0 Å². The van der Waals surface area contributed by atoms with Crippen LogP contribution in [0.5, 0.6) is 5.75 Å². The number of carbonyl (C=O) groups excluding carboxylic acids is 3. The first-order valence-electron chi connectivity index (χ1n) is 15.0. The van der Waals surface area contributed by atoms with Crippen LogP contribution < -0.4 is 4.74 Å². The van der Waals surface area contributed by atoms with Crippen LogP contribution in [0.3, 0.4) is 0 Å². The van der Waals surface area contributed by atoms with Crippen molar-refractivity contribution in [1.82, 2.24) is 14.5 Å². The lowest BCUT2D eigenvalue weighted by Gasteiger charge is -2.25. The van der Waals surface area contributed by atoms with Gasteiger partial charge in [0.15, 0.2) is 0 Å². The Balaban J connectivity index is 1.44. The van der Waals surface area contributed by atoms with Crippen molar-refractivity contribution in [2.24, 2.45) is 0 Å². The van der Waals surface area contributed by atoms with Gasteiger partial charge in [0.05, 0.1) is 41.9 Å². The molecule has 0 fully saturated rings. The molecular weight excluding hydrogens is 714 g/mol. The summed E-state index contributed by atoms with van der Waals surface area (Å²) in [6.07, 6.45) is 5.14. The van der Waals surface area contributed by atoms with Gasteiger partial charge in [-0.2, -0.15) is 0 Å². The molecule has 2 aromatic heterocycles. The number of hydrogen-bond acceptors (Lipinski definition) is 5. The lowest BCUT2D eigenvalue weighted by Crippen LogP contribution is -2.29. The zero-order chi connectivity index (χ0) is 31.9. The highest BCUT2D eigenvalue weighted by atomic mass is 79.9. The fraction of sp³-hybridized carbons (Fsp3) is 0.194. The molecule has 2 aliphatic rings. The molecule has 8 nitrogen and oxygen atoms in total. The Morgan fingerprint density at radius 1 is 0.891 bits per heavy atom. The van der Waals surface area contributed by atoms with Gasteiger partial charge >= 0.3 is 5.97 Å². The van der Waals surface area contributed by atoms with Gasteiger partial charge < -0.3 is 19.0 Å². The van der Waals surface area contributed by atoms with Crippen molar-refractivity contribution < 1.29 is 23.9 Å². The highest BCUT2D eigenvalue weighted by molar-refractivity contribution is 9.10. The van der Waals surface area contributed by atoms with Crippen molar-refractivity contribution in [2.75, 3.05) is 7.11 Å². The first-order valence-corrected chi connectivity index (χ1v) is 16.6.